The molecule has 2 amide bonds. The Hall–Kier alpha value is -3.13. The largest absolute Gasteiger partial charge is 0.341 e. The van der Waals surface area contributed by atoms with Gasteiger partial charge in [0.05, 0.1) is 23.4 Å². The fourth-order valence-corrected chi connectivity index (χ4v) is 1.85. The Morgan fingerprint density at radius 1 is 1.00 bits per heavy atom. The van der Waals surface area contributed by atoms with Crippen LogP contribution in [0.2, 0.25) is 0 Å². The number of hydrogen-bond donors (Lipinski definition) is 2. The molecule has 0 unspecified atom stereocenters. The van der Waals surface area contributed by atoms with E-state index in [0.29, 0.717) is 0 Å². The van der Waals surface area contributed by atoms with E-state index < -0.39 is 17.6 Å². The minimum absolute atomic E-state index is 0.0778. The van der Waals surface area contributed by atoms with Crippen LogP contribution in [0.15, 0.2) is 48.5 Å². The molecule has 0 spiro atoms. The summed E-state index contributed by atoms with van der Waals surface area (Å²) < 4.78 is 13.6. The van der Waals surface area contributed by atoms with E-state index in [4.69, 9.17) is 6.42 Å². The van der Waals surface area contributed by atoms with Gasteiger partial charge in [0.2, 0.25) is 0 Å². The molecule has 0 aliphatic carbocycles. The highest BCUT2D eigenvalue weighted by molar-refractivity contribution is 6.09. The van der Waals surface area contributed by atoms with Gasteiger partial charge in [-0.05, 0) is 24.3 Å². The van der Waals surface area contributed by atoms with Crippen molar-refractivity contribution in [3.8, 4) is 12.3 Å². The molecule has 0 aliphatic heterocycles. The van der Waals surface area contributed by atoms with Crippen molar-refractivity contribution >= 4 is 17.5 Å². The Balaban J connectivity index is 2.24. The van der Waals surface area contributed by atoms with E-state index >= 15 is 0 Å². The van der Waals surface area contributed by atoms with Crippen LogP contribution in [0.1, 0.15) is 20.7 Å². The van der Waals surface area contributed by atoms with E-state index in [2.05, 4.69) is 16.6 Å². The van der Waals surface area contributed by atoms with Crippen molar-refractivity contribution in [2.45, 2.75) is 0 Å². The number of carbonyl (C=O) groups is 2. The standard InChI is InChI=1S/C17H13FN2O2/c1-2-11-19-16(21)13-8-4-6-10-15(13)20-17(22)12-7-3-5-9-14(12)18/h1,3-10H,11H2,(H,19,21)(H,20,22). The van der Waals surface area contributed by atoms with Crippen LogP contribution in [-0.4, -0.2) is 18.4 Å². The zero-order valence-corrected chi connectivity index (χ0v) is 11.6. The van der Waals surface area contributed by atoms with Crippen molar-refractivity contribution in [2.75, 3.05) is 11.9 Å². The monoisotopic (exact) mass is 296 g/mol. The number of rotatable bonds is 4. The molecule has 0 saturated carbocycles. The van der Waals surface area contributed by atoms with Crippen LogP contribution in [0.3, 0.4) is 0 Å². The van der Waals surface area contributed by atoms with Crippen LogP contribution in [0.4, 0.5) is 10.1 Å². The molecule has 0 radical (unpaired) electrons. The average molecular weight is 296 g/mol. The Labute approximate surface area is 127 Å². The number of amides is 2. The summed E-state index contributed by atoms with van der Waals surface area (Å²) in [6.45, 7) is 0.0778. The highest BCUT2D eigenvalue weighted by atomic mass is 19.1. The minimum Gasteiger partial charge on any atom is -0.341 e. The summed E-state index contributed by atoms with van der Waals surface area (Å²) >= 11 is 0. The number of para-hydroxylation sites is 1. The van der Waals surface area contributed by atoms with Crippen LogP contribution < -0.4 is 10.6 Å². The third-order valence-corrected chi connectivity index (χ3v) is 2.89. The van der Waals surface area contributed by atoms with Gasteiger partial charge in [0, 0.05) is 0 Å². The number of halogens is 1. The number of carbonyl (C=O) groups excluding carboxylic acids is 2. The lowest BCUT2D eigenvalue weighted by molar-refractivity contribution is 0.0959. The third kappa shape index (κ3) is 3.49. The van der Waals surface area contributed by atoms with Crippen molar-refractivity contribution in [1.82, 2.24) is 5.32 Å². The second-order valence-electron chi connectivity index (χ2n) is 4.37. The van der Waals surface area contributed by atoms with Crippen molar-refractivity contribution in [3.63, 3.8) is 0 Å². The molecule has 2 aromatic rings. The van der Waals surface area contributed by atoms with Crippen molar-refractivity contribution < 1.29 is 14.0 Å². The minimum atomic E-state index is -0.630. The van der Waals surface area contributed by atoms with Gasteiger partial charge in [0.1, 0.15) is 5.82 Å². The Kier molecular flexibility index (Phi) is 4.89. The lowest BCUT2D eigenvalue weighted by Crippen LogP contribution is -2.25. The predicted octanol–water partition coefficient (Wildman–Crippen LogP) is 2.44. The first-order valence-electron chi connectivity index (χ1n) is 6.50. The fourth-order valence-electron chi connectivity index (χ4n) is 1.85. The zero-order valence-electron chi connectivity index (χ0n) is 11.6. The molecule has 2 N–H and O–H groups in total. The van der Waals surface area contributed by atoms with Gasteiger partial charge in [-0.25, -0.2) is 4.39 Å². The molecule has 0 heterocycles. The first-order chi connectivity index (χ1) is 10.6. The highest BCUT2D eigenvalue weighted by Gasteiger charge is 2.15. The molecule has 22 heavy (non-hydrogen) atoms. The molecule has 110 valence electrons. The van der Waals surface area contributed by atoms with Gasteiger partial charge in [-0.3, -0.25) is 9.59 Å². The maximum absolute atomic E-state index is 13.6. The van der Waals surface area contributed by atoms with Crippen LogP contribution in [-0.2, 0) is 0 Å². The summed E-state index contributed by atoms with van der Waals surface area (Å²) in [6, 6.07) is 12.0. The smallest absolute Gasteiger partial charge is 0.258 e. The molecular weight excluding hydrogens is 283 g/mol. The van der Waals surface area contributed by atoms with E-state index in [1.807, 2.05) is 0 Å². The van der Waals surface area contributed by atoms with E-state index in [-0.39, 0.29) is 23.4 Å². The number of benzene rings is 2. The SMILES string of the molecule is C#CCNC(=O)c1ccccc1NC(=O)c1ccccc1F. The fraction of sp³-hybridized carbons (Fsp3) is 0.0588. The van der Waals surface area contributed by atoms with Crippen LogP contribution in [0.5, 0.6) is 0 Å². The maximum Gasteiger partial charge on any atom is 0.258 e. The van der Waals surface area contributed by atoms with E-state index in [1.165, 1.54) is 18.2 Å². The number of anilines is 1. The third-order valence-electron chi connectivity index (χ3n) is 2.89. The van der Waals surface area contributed by atoms with E-state index in [1.54, 1.807) is 30.3 Å². The molecule has 4 nitrogen and oxygen atoms in total. The van der Waals surface area contributed by atoms with Gasteiger partial charge in [-0.15, -0.1) is 6.42 Å². The van der Waals surface area contributed by atoms with E-state index in [9.17, 15) is 14.0 Å². The summed E-state index contributed by atoms with van der Waals surface area (Å²) in [7, 11) is 0. The first kappa shape index (κ1) is 15.3. The lowest BCUT2D eigenvalue weighted by atomic mass is 10.1. The molecule has 0 bridgehead atoms. The summed E-state index contributed by atoms with van der Waals surface area (Å²) in [6.07, 6.45) is 5.09. The molecule has 0 aromatic heterocycles. The summed E-state index contributed by atoms with van der Waals surface area (Å²) in [5.74, 6) is 0.619. The van der Waals surface area contributed by atoms with Crippen molar-refractivity contribution in [2.24, 2.45) is 0 Å². The number of hydrogen-bond acceptors (Lipinski definition) is 2. The van der Waals surface area contributed by atoms with Gasteiger partial charge >= 0.3 is 0 Å². The summed E-state index contributed by atoms with van der Waals surface area (Å²) in [4.78, 5) is 24.1. The molecule has 0 saturated heterocycles. The Morgan fingerprint density at radius 3 is 2.32 bits per heavy atom. The topological polar surface area (TPSA) is 58.2 Å². The average Bonchev–Trinajstić information content (AvgIpc) is 2.53. The molecule has 2 aromatic carbocycles. The number of terminal acetylenes is 1. The number of nitrogens with one attached hydrogen (secondary N) is 2. The van der Waals surface area contributed by atoms with Crippen LogP contribution >= 0.6 is 0 Å². The molecule has 0 atom stereocenters. The second kappa shape index (κ2) is 7.04. The molecular formula is C17H13FN2O2. The maximum atomic E-state index is 13.6. The Bertz CT molecular complexity index is 750. The second-order valence-corrected chi connectivity index (χ2v) is 4.37. The lowest BCUT2D eigenvalue weighted by Gasteiger charge is -2.11. The van der Waals surface area contributed by atoms with Crippen LogP contribution in [0.25, 0.3) is 0 Å². The van der Waals surface area contributed by atoms with Gasteiger partial charge in [0.15, 0.2) is 0 Å². The first-order valence-corrected chi connectivity index (χ1v) is 6.50. The highest BCUT2D eigenvalue weighted by Crippen LogP contribution is 2.17. The molecule has 0 fully saturated rings. The van der Waals surface area contributed by atoms with Crippen LogP contribution in [0, 0.1) is 18.2 Å². The predicted molar refractivity (Wildman–Crippen MR) is 82.0 cm³/mol. The molecule has 2 rings (SSSR count). The van der Waals surface area contributed by atoms with Gasteiger partial charge < -0.3 is 10.6 Å². The quantitative estimate of drug-likeness (QED) is 0.851. The van der Waals surface area contributed by atoms with Crippen molar-refractivity contribution in [1.29, 1.82) is 0 Å². The van der Waals surface area contributed by atoms with E-state index in [0.717, 1.165) is 0 Å². The zero-order chi connectivity index (χ0) is 15.9. The summed E-state index contributed by atoms with van der Waals surface area (Å²) in [5.41, 5.74) is 0.439. The summed E-state index contributed by atoms with van der Waals surface area (Å²) in [5, 5.41) is 5.05. The van der Waals surface area contributed by atoms with Crippen molar-refractivity contribution in [3.05, 3.63) is 65.5 Å². The van der Waals surface area contributed by atoms with Gasteiger partial charge in [-0.1, -0.05) is 30.2 Å². The Morgan fingerprint density at radius 2 is 1.64 bits per heavy atom. The normalized spacial score (nSPS) is 9.64. The van der Waals surface area contributed by atoms with Gasteiger partial charge in [-0.2, -0.15) is 0 Å². The molecule has 0 aliphatic rings. The van der Waals surface area contributed by atoms with Gasteiger partial charge in [0.25, 0.3) is 11.8 Å². The molecule has 5 heteroatoms.